The molecule has 1 heterocycles. The molecule has 0 aliphatic rings. The molecule has 0 aliphatic carbocycles. The van der Waals surface area contributed by atoms with Gasteiger partial charge in [-0.1, -0.05) is 18.2 Å². The second-order valence-electron chi connectivity index (χ2n) is 6.29. The van der Waals surface area contributed by atoms with E-state index in [2.05, 4.69) is 10.3 Å². The van der Waals surface area contributed by atoms with E-state index in [1.807, 2.05) is 36.5 Å². The van der Waals surface area contributed by atoms with Gasteiger partial charge >= 0.3 is 0 Å². The number of hydrogen-bond donors (Lipinski definition) is 2. The van der Waals surface area contributed by atoms with Gasteiger partial charge in [-0.15, -0.1) is 0 Å². The fourth-order valence-electron chi connectivity index (χ4n) is 2.94. The predicted octanol–water partition coefficient (Wildman–Crippen LogP) is 3.07. The number of aromatic amines is 1. The first-order valence-electron chi connectivity index (χ1n) is 8.67. The molecule has 1 aromatic heterocycles. The van der Waals surface area contributed by atoms with Gasteiger partial charge in [0, 0.05) is 36.3 Å². The van der Waals surface area contributed by atoms with Crippen LogP contribution in [0.25, 0.3) is 10.9 Å². The molecule has 6 heteroatoms. The molecular formula is C21H20N4O2. The maximum atomic E-state index is 12.3. The van der Waals surface area contributed by atoms with Crippen molar-refractivity contribution < 1.29 is 9.59 Å². The number of H-pyrrole nitrogens is 1. The molecule has 0 saturated heterocycles. The largest absolute Gasteiger partial charge is 0.361 e. The Morgan fingerprint density at radius 3 is 2.59 bits per heavy atom. The third-order valence-corrected chi connectivity index (χ3v) is 4.40. The highest BCUT2D eigenvalue weighted by atomic mass is 16.2. The van der Waals surface area contributed by atoms with Crippen molar-refractivity contribution in [1.82, 2.24) is 9.88 Å². The highest BCUT2D eigenvalue weighted by molar-refractivity contribution is 5.94. The standard InChI is InChI=1S/C21H20N4O2/c1-15(26)25(11-10-17-13-23-20-5-3-2-4-19(17)20)14-21(27)24-18-8-6-16(12-22)7-9-18/h2-9,13,23H,10-11,14H2,1H3,(H,24,27). The van der Waals surface area contributed by atoms with E-state index in [4.69, 9.17) is 5.26 Å². The summed E-state index contributed by atoms with van der Waals surface area (Å²) in [6.07, 6.45) is 2.60. The molecule has 3 aromatic rings. The number of hydrogen-bond acceptors (Lipinski definition) is 3. The van der Waals surface area contributed by atoms with E-state index in [0.29, 0.717) is 24.2 Å². The summed E-state index contributed by atoms with van der Waals surface area (Å²) in [5.74, 6) is -0.418. The third kappa shape index (κ3) is 4.53. The Morgan fingerprint density at radius 2 is 1.89 bits per heavy atom. The van der Waals surface area contributed by atoms with Gasteiger partial charge in [0.2, 0.25) is 11.8 Å². The van der Waals surface area contributed by atoms with Gasteiger partial charge in [0.1, 0.15) is 0 Å². The van der Waals surface area contributed by atoms with Crippen molar-refractivity contribution >= 4 is 28.4 Å². The van der Waals surface area contributed by atoms with E-state index in [0.717, 1.165) is 16.5 Å². The molecule has 2 aromatic carbocycles. The van der Waals surface area contributed by atoms with Gasteiger partial charge in [-0.25, -0.2) is 0 Å². The van der Waals surface area contributed by atoms with E-state index in [1.165, 1.54) is 11.8 Å². The lowest BCUT2D eigenvalue weighted by Gasteiger charge is -2.20. The monoisotopic (exact) mass is 360 g/mol. The van der Waals surface area contributed by atoms with Gasteiger partial charge < -0.3 is 15.2 Å². The zero-order valence-electron chi connectivity index (χ0n) is 15.0. The fourth-order valence-corrected chi connectivity index (χ4v) is 2.94. The van der Waals surface area contributed by atoms with Crippen LogP contribution in [0.2, 0.25) is 0 Å². The van der Waals surface area contributed by atoms with Crippen LogP contribution >= 0.6 is 0 Å². The SMILES string of the molecule is CC(=O)N(CCc1c[nH]c2ccccc12)CC(=O)Nc1ccc(C#N)cc1. The van der Waals surface area contributed by atoms with E-state index in [9.17, 15) is 9.59 Å². The molecule has 136 valence electrons. The Bertz CT molecular complexity index is 999. The van der Waals surface area contributed by atoms with Crippen LogP contribution in [0, 0.1) is 11.3 Å². The van der Waals surface area contributed by atoms with Crippen LogP contribution < -0.4 is 5.32 Å². The number of nitriles is 1. The predicted molar refractivity (Wildman–Crippen MR) is 104 cm³/mol. The smallest absolute Gasteiger partial charge is 0.243 e. The molecule has 0 bridgehead atoms. The number of para-hydroxylation sites is 1. The highest BCUT2D eigenvalue weighted by Gasteiger charge is 2.15. The number of benzene rings is 2. The number of rotatable bonds is 6. The lowest BCUT2D eigenvalue weighted by molar-refractivity contribution is -0.132. The van der Waals surface area contributed by atoms with Gasteiger partial charge in [0.05, 0.1) is 18.2 Å². The Hall–Kier alpha value is -3.59. The first-order chi connectivity index (χ1) is 13.1. The second kappa shape index (κ2) is 8.19. The normalized spacial score (nSPS) is 10.4. The zero-order valence-corrected chi connectivity index (χ0v) is 15.0. The summed E-state index contributed by atoms with van der Waals surface area (Å²) in [7, 11) is 0. The average Bonchev–Trinajstić information content (AvgIpc) is 3.08. The number of aromatic nitrogens is 1. The third-order valence-electron chi connectivity index (χ3n) is 4.40. The molecular weight excluding hydrogens is 340 g/mol. The lowest BCUT2D eigenvalue weighted by Crippen LogP contribution is -2.37. The van der Waals surface area contributed by atoms with Crippen molar-refractivity contribution in [3.8, 4) is 6.07 Å². The summed E-state index contributed by atoms with van der Waals surface area (Å²) in [4.78, 5) is 29.0. The summed E-state index contributed by atoms with van der Waals surface area (Å²) in [6.45, 7) is 1.90. The van der Waals surface area contributed by atoms with Crippen LogP contribution in [0.15, 0.2) is 54.7 Å². The summed E-state index contributed by atoms with van der Waals surface area (Å²) >= 11 is 0. The molecule has 0 spiro atoms. The van der Waals surface area contributed by atoms with Crippen molar-refractivity contribution in [2.75, 3.05) is 18.4 Å². The Morgan fingerprint density at radius 1 is 1.15 bits per heavy atom. The quantitative estimate of drug-likeness (QED) is 0.708. The topological polar surface area (TPSA) is 89.0 Å². The van der Waals surface area contributed by atoms with E-state index in [1.54, 1.807) is 24.3 Å². The van der Waals surface area contributed by atoms with Crippen LogP contribution in [0.1, 0.15) is 18.1 Å². The van der Waals surface area contributed by atoms with Crippen molar-refractivity contribution in [2.45, 2.75) is 13.3 Å². The van der Waals surface area contributed by atoms with E-state index in [-0.39, 0.29) is 18.4 Å². The number of fused-ring (bicyclic) bond motifs is 1. The van der Waals surface area contributed by atoms with Crippen molar-refractivity contribution in [1.29, 1.82) is 5.26 Å². The molecule has 0 unspecified atom stereocenters. The Labute approximate surface area is 157 Å². The fraction of sp³-hybridized carbons (Fsp3) is 0.190. The van der Waals surface area contributed by atoms with Crippen LogP contribution in [0.4, 0.5) is 5.69 Å². The molecule has 6 nitrogen and oxygen atoms in total. The second-order valence-corrected chi connectivity index (χ2v) is 6.29. The van der Waals surface area contributed by atoms with Crippen molar-refractivity contribution in [3.63, 3.8) is 0 Å². The van der Waals surface area contributed by atoms with Crippen LogP contribution in [-0.4, -0.2) is 34.8 Å². The zero-order chi connectivity index (χ0) is 19.2. The van der Waals surface area contributed by atoms with Crippen LogP contribution in [0.3, 0.4) is 0 Å². The molecule has 0 fully saturated rings. The summed E-state index contributed by atoms with van der Waals surface area (Å²) in [6, 6.07) is 16.6. The minimum Gasteiger partial charge on any atom is -0.361 e. The lowest BCUT2D eigenvalue weighted by atomic mass is 10.1. The van der Waals surface area contributed by atoms with Crippen LogP contribution in [0.5, 0.6) is 0 Å². The van der Waals surface area contributed by atoms with Gasteiger partial charge in [-0.2, -0.15) is 5.26 Å². The van der Waals surface area contributed by atoms with E-state index < -0.39 is 0 Å². The first kappa shape index (κ1) is 18.2. The van der Waals surface area contributed by atoms with E-state index >= 15 is 0 Å². The molecule has 0 aliphatic heterocycles. The van der Waals surface area contributed by atoms with Crippen LogP contribution in [-0.2, 0) is 16.0 Å². The summed E-state index contributed by atoms with van der Waals surface area (Å²) in [5.41, 5.74) is 3.29. The van der Waals surface area contributed by atoms with Gasteiger partial charge in [-0.3, -0.25) is 9.59 Å². The number of anilines is 1. The number of amides is 2. The van der Waals surface area contributed by atoms with Gasteiger partial charge in [0.25, 0.3) is 0 Å². The molecule has 0 atom stereocenters. The number of nitrogens with zero attached hydrogens (tertiary/aromatic N) is 2. The number of carbonyl (C=O) groups is 2. The maximum absolute atomic E-state index is 12.3. The van der Waals surface area contributed by atoms with Crippen molar-refractivity contribution in [3.05, 3.63) is 65.9 Å². The highest BCUT2D eigenvalue weighted by Crippen LogP contribution is 2.18. The number of carbonyl (C=O) groups excluding carboxylic acids is 2. The molecule has 2 N–H and O–H groups in total. The van der Waals surface area contributed by atoms with Gasteiger partial charge in [-0.05, 0) is 42.3 Å². The molecule has 3 rings (SSSR count). The van der Waals surface area contributed by atoms with Crippen molar-refractivity contribution in [2.24, 2.45) is 0 Å². The average molecular weight is 360 g/mol. The minimum absolute atomic E-state index is 0.0162. The first-order valence-corrected chi connectivity index (χ1v) is 8.67. The molecule has 0 saturated carbocycles. The van der Waals surface area contributed by atoms with Gasteiger partial charge in [0.15, 0.2) is 0 Å². The molecule has 27 heavy (non-hydrogen) atoms. The Balaban J connectivity index is 1.60. The molecule has 0 radical (unpaired) electrons. The summed E-state index contributed by atoms with van der Waals surface area (Å²) < 4.78 is 0. The minimum atomic E-state index is -0.270. The molecule has 2 amide bonds. The maximum Gasteiger partial charge on any atom is 0.243 e. The summed E-state index contributed by atoms with van der Waals surface area (Å²) in [5, 5.41) is 12.7. The number of nitrogens with one attached hydrogen (secondary N) is 2. The Kier molecular flexibility index (Phi) is 5.53.